The maximum atomic E-state index is 5.03. The van der Waals surface area contributed by atoms with Gasteiger partial charge in [0.2, 0.25) is 0 Å². The molecule has 0 saturated carbocycles. The Kier molecular flexibility index (Phi) is 6.86. The monoisotopic (exact) mass is 448 g/mol. The molecule has 0 aliphatic carbocycles. The normalized spacial score (nSPS) is 11.7. The minimum absolute atomic E-state index is 0.226. The van der Waals surface area contributed by atoms with Crippen molar-refractivity contribution >= 4 is 33.2 Å². The quantitative estimate of drug-likeness (QED) is 0.320. The zero-order valence-corrected chi connectivity index (χ0v) is 20.4. The number of nitrogens with zero attached hydrogens (tertiary/aromatic N) is 5. The first-order valence-electron chi connectivity index (χ1n) is 11.3. The fourth-order valence-corrected chi connectivity index (χ4v) is 4.50. The third-order valence-electron chi connectivity index (χ3n) is 5.49. The van der Waals surface area contributed by atoms with Crippen LogP contribution in [0.25, 0.3) is 22.3 Å². The van der Waals surface area contributed by atoms with E-state index in [1.165, 1.54) is 23.3 Å². The number of anilines is 2. The molecular weight excluding hydrogens is 416 g/mol. The number of rotatable bonds is 9. The van der Waals surface area contributed by atoms with E-state index in [-0.39, 0.29) is 6.04 Å². The van der Waals surface area contributed by atoms with E-state index in [4.69, 9.17) is 4.98 Å². The summed E-state index contributed by atoms with van der Waals surface area (Å²) in [5.41, 5.74) is 5.22. The lowest BCUT2D eigenvalue weighted by molar-refractivity contribution is 0.321. The Labute approximate surface area is 194 Å². The lowest BCUT2D eigenvalue weighted by Crippen LogP contribution is -2.18. The molecule has 6 nitrogen and oxygen atoms in total. The Bertz CT molecular complexity index is 1190. The van der Waals surface area contributed by atoms with E-state index in [2.05, 4.69) is 85.4 Å². The average Bonchev–Trinajstić information content (AvgIpc) is 3.38. The van der Waals surface area contributed by atoms with Gasteiger partial charge >= 0.3 is 0 Å². The highest BCUT2D eigenvalue weighted by Crippen LogP contribution is 2.33. The number of pyridine rings is 1. The smallest absolute Gasteiger partial charge is 0.187 e. The van der Waals surface area contributed by atoms with Crippen LogP contribution in [-0.2, 0) is 6.54 Å². The van der Waals surface area contributed by atoms with Gasteiger partial charge in [-0.3, -0.25) is 0 Å². The van der Waals surface area contributed by atoms with Crippen molar-refractivity contribution in [3.63, 3.8) is 0 Å². The van der Waals surface area contributed by atoms with Crippen LogP contribution in [0.2, 0.25) is 0 Å². The third-order valence-corrected chi connectivity index (χ3v) is 6.32. The zero-order valence-electron chi connectivity index (χ0n) is 19.6. The van der Waals surface area contributed by atoms with Crippen molar-refractivity contribution in [2.75, 3.05) is 18.9 Å². The van der Waals surface area contributed by atoms with E-state index in [1.807, 2.05) is 17.1 Å². The molecule has 0 aliphatic rings. The van der Waals surface area contributed by atoms with Gasteiger partial charge in [-0.25, -0.2) is 14.6 Å². The van der Waals surface area contributed by atoms with Crippen LogP contribution in [0.15, 0.2) is 42.7 Å². The number of benzene rings is 1. The number of hydrogen-bond acceptors (Lipinski definition) is 6. The van der Waals surface area contributed by atoms with Gasteiger partial charge in [-0.1, -0.05) is 31.5 Å². The van der Waals surface area contributed by atoms with Crippen LogP contribution in [0.1, 0.15) is 50.1 Å². The first-order chi connectivity index (χ1) is 15.4. The molecule has 3 heterocycles. The summed E-state index contributed by atoms with van der Waals surface area (Å²) >= 11 is 1.65. The summed E-state index contributed by atoms with van der Waals surface area (Å²) < 4.78 is 1.99. The minimum atomic E-state index is 0.226. The molecule has 0 bridgehead atoms. The van der Waals surface area contributed by atoms with Crippen LogP contribution < -0.4 is 5.32 Å². The molecule has 0 saturated heterocycles. The molecule has 0 radical (unpaired) electrons. The Hall–Kier alpha value is -2.77. The van der Waals surface area contributed by atoms with Gasteiger partial charge in [0.1, 0.15) is 0 Å². The number of hydrogen-bond donors (Lipinski definition) is 1. The van der Waals surface area contributed by atoms with Crippen molar-refractivity contribution in [3.05, 3.63) is 53.2 Å². The molecule has 0 fully saturated rings. The second kappa shape index (κ2) is 9.79. The minimum Gasteiger partial charge on any atom is -0.331 e. The number of nitrogens with one attached hydrogen (secondary N) is 1. The number of thiazole rings is 1. The van der Waals surface area contributed by atoms with E-state index in [0.29, 0.717) is 0 Å². The summed E-state index contributed by atoms with van der Waals surface area (Å²) in [7, 11) is 2.19. The molecule has 0 amide bonds. The summed E-state index contributed by atoms with van der Waals surface area (Å²) in [4.78, 5) is 13.1. The molecule has 1 aromatic carbocycles. The molecule has 4 aromatic rings. The average molecular weight is 449 g/mol. The van der Waals surface area contributed by atoms with Crippen LogP contribution in [0.3, 0.4) is 0 Å². The van der Waals surface area contributed by atoms with Gasteiger partial charge in [-0.15, -0.1) is 11.3 Å². The molecule has 0 spiro atoms. The van der Waals surface area contributed by atoms with Gasteiger partial charge < -0.3 is 10.2 Å². The van der Waals surface area contributed by atoms with Crippen molar-refractivity contribution in [3.8, 4) is 11.3 Å². The van der Waals surface area contributed by atoms with Crippen LogP contribution in [0, 0.1) is 6.92 Å². The van der Waals surface area contributed by atoms with Crippen molar-refractivity contribution in [1.82, 2.24) is 24.6 Å². The van der Waals surface area contributed by atoms with Crippen LogP contribution >= 0.6 is 11.3 Å². The van der Waals surface area contributed by atoms with Gasteiger partial charge in [0.05, 0.1) is 23.0 Å². The Balaban J connectivity index is 1.73. The van der Waals surface area contributed by atoms with Gasteiger partial charge in [0.25, 0.3) is 0 Å². The molecule has 0 aliphatic heterocycles. The maximum Gasteiger partial charge on any atom is 0.187 e. The van der Waals surface area contributed by atoms with Gasteiger partial charge in [-0.05, 0) is 58.5 Å². The highest BCUT2D eigenvalue weighted by Gasteiger charge is 2.15. The standard InChI is InChI=1S/C25H32N6S/c1-6-7-11-30(5)16-19-9-8-10-20(12-19)22-13-23(29-25-26-14-18(4)32-25)21-15-27-31(17(2)3)24(21)28-22/h8-10,12-15,17H,6-7,11,16H2,1-5H3,(H,26,28,29). The predicted octanol–water partition coefficient (Wildman–Crippen LogP) is 6.42. The first-order valence-corrected chi connectivity index (χ1v) is 12.1. The zero-order chi connectivity index (χ0) is 22.7. The van der Waals surface area contributed by atoms with E-state index >= 15 is 0 Å². The van der Waals surface area contributed by atoms with E-state index in [9.17, 15) is 0 Å². The molecule has 32 heavy (non-hydrogen) atoms. The summed E-state index contributed by atoms with van der Waals surface area (Å²) in [5.74, 6) is 0. The van der Waals surface area contributed by atoms with Crippen LogP contribution in [0.4, 0.5) is 10.8 Å². The summed E-state index contributed by atoms with van der Waals surface area (Å²) in [6.45, 7) is 10.6. The van der Waals surface area contributed by atoms with Crippen molar-refractivity contribution < 1.29 is 0 Å². The second-order valence-electron chi connectivity index (χ2n) is 8.67. The first kappa shape index (κ1) is 22.4. The van der Waals surface area contributed by atoms with E-state index < -0.39 is 0 Å². The van der Waals surface area contributed by atoms with Gasteiger partial charge in [-0.2, -0.15) is 5.10 Å². The SMILES string of the molecule is CCCCN(C)Cc1cccc(-c2cc(Nc3ncc(C)s3)c3cnn(C(C)C)c3n2)c1. The topological polar surface area (TPSA) is 58.9 Å². The highest BCUT2D eigenvalue weighted by atomic mass is 32.1. The highest BCUT2D eigenvalue weighted by molar-refractivity contribution is 7.15. The van der Waals surface area contributed by atoms with Gasteiger partial charge in [0, 0.05) is 29.2 Å². The number of aryl methyl sites for hydroxylation is 1. The van der Waals surface area contributed by atoms with Gasteiger partial charge in [0.15, 0.2) is 10.8 Å². The lowest BCUT2D eigenvalue weighted by atomic mass is 10.1. The largest absolute Gasteiger partial charge is 0.331 e. The van der Waals surface area contributed by atoms with E-state index in [1.54, 1.807) is 11.3 Å². The number of aromatic nitrogens is 4. The summed E-state index contributed by atoms with van der Waals surface area (Å²) in [5, 5.41) is 10.0. The Morgan fingerprint density at radius 1 is 1.19 bits per heavy atom. The number of unbranched alkanes of at least 4 members (excludes halogenated alkanes) is 1. The summed E-state index contributed by atoms with van der Waals surface area (Å²) in [6, 6.07) is 11.1. The Morgan fingerprint density at radius 2 is 2.03 bits per heavy atom. The molecule has 0 unspecified atom stereocenters. The van der Waals surface area contributed by atoms with Crippen molar-refractivity contribution in [2.24, 2.45) is 0 Å². The fourth-order valence-electron chi connectivity index (χ4n) is 3.82. The number of fused-ring (bicyclic) bond motifs is 1. The third kappa shape index (κ3) is 5.00. The van der Waals surface area contributed by atoms with Crippen molar-refractivity contribution in [2.45, 2.75) is 53.1 Å². The molecular formula is C25H32N6S. The second-order valence-corrected chi connectivity index (χ2v) is 9.90. The van der Waals surface area contributed by atoms with Crippen LogP contribution in [-0.4, -0.2) is 38.2 Å². The molecule has 7 heteroatoms. The lowest BCUT2D eigenvalue weighted by Gasteiger charge is -2.17. The fraction of sp³-hybridized carbons (Fsp3) is 0.400. The predicted molar refractivity (Wildman–Crippen MR) is 135 cm³/mol. The molecule has 0 atom stereocenters. The van der Waals surface area contributed by atoms with Crippen molar-refractivity contribution in [1.29, 1.82) is 0 Å². The van der Waals surface area contributed by atoms with Crippen LogP contribution in [0.5, 0.6) is 0 Å². The Morgan fingerprint density at radius 3 is 2.75 bits per heavy atom. The molecule has 3 aromatic heterocycles. The summed E-state index contributed by atoms with van der Waals surface area (Å²) in [6.07, 6.45) is 6.22. The maximum absolute atomic E-state index is 5.03. The molecule has 168 valence electrons. The molecule has 4 rings (SSSR count). The molecule has 1 N–H and O–H groups in total. The van der Waals surface area contributed by atoms with E-state index in [0.717, 1.165) is 46.2 Å².